The van der Waals surface area contributed by atoms with E-state index in [1.54, 1.807) is 24.3 Å². The lowest BCUT2D eigenvalue weighted by molar-refractivity contribution is -0.124. The minimum Gasteiger partial charge on any atom is -0.508 e. The lowest BCUT2D eigenvalue weighted by atomic mass is 10.2. The van der Waals surface area contributed by atoms with Gasteiger partial charge in [0.2, 0.25) is 11.8 Å². The van der Waals surface area contributed by atoms with Crippen molar-refractivity contribution in [3.05, 3.63) is 60.2 Å². The molecule has 118 valence electrons. The molecule has 3 N–H and O–H groups in total. The maximum absolute atomic E-state index is 11.7. The Morgan fingerprint density at radius 2 is 1.61 bits per heavy atom. The highest BCUT2D eigenvalue weighted by Crippen LogP contribution is 2.08. The van der Waals surface area contributed by atoms with Crippen LogP contribution in [-0.4, -0.2) is 23.1 Å². The van der Waals surface area contributed by atoms with Crippen LogP contribution in [0.4, 0.5) is 5.69 Å². The maximum Gasteiger partial charge on any atom is 0.240 e. The molecule has 6 heteroatoms. The smallest absolute Gasteiger partial charge is 0.240 e. The number of hydrogen-bond acceptors (Lipinski definition) is 4. The van der Waals surface area contributed by atoms with E-state index in [-0.39, 0.29) is 30.4 Å². The fourth-order valence-electron chi connectivity index (χ4n) is 1.77. The zero-order chi connectivity index (χ0) is 16.5. The van der Waals surface area contributed by atoms with Crippen LogP contribution in [0, 0.1) is 0 Å². The number of carbonyl (C=O) groups is 2. The molecule has 0 bridgehead atoms. The average Bonchev–Trinajstić information content (AvgIpc) is 2.56. The number of rotatable bonds is 6. The highest BCUT2D eigenvalue weighted by atomic mass is 16.3. The van der Waals surface area contributed by atoms with Gasteiger partial charge in [0.05, 0.1) is 6.21 Å². The first-order valence-corrected chi connectivity index (χ1v) is 7.09. The Labute approximate surface area is 133 Å². The summed E-state index contributed by atoms with van der Waals surface area (Å²) < 4.78 is 0. The van der Waals surface area contributed by atoms with Gasteiger partial charge in [-0.15, -0.1) is 0 Å². The third-order valence-electron chi connectivity index (χ3n) is 2.93. The van der Waals surface area contributed by atoms with Crippen molar-refractivity contribution in [3.8, 4) is 5.75 Å². The van der Waals surface area contributed by atoms with Crippen LogP contribution in [0.1, 0.15) is 18.4 Å². The number of phenols is 1. The molecule has 6 nitrogen and oxygen atoms in total. The van der Waals surface area contributed by atoms with Gasteiger partial charge in [-0.2, -0.15) is 5.10 Å². The van der Waals surface area contributed by atoms with Gasteiger partial charge < -0.3 is 10.4 Å². The number of hydrazone groups is 1. The van der Waals surface area contributed by atoms with Gasteiger partial charge in [-0.05, 0) is 42.0 Å². The molecule has 2 aromatic carbocycles. The van der Waals surface area contributed by atoms with E-state index in [0.717, 1.165) is 5.56 Å². The van der Waals surface area contributed by atoms with Crippen LogP contribution in [0.5, 0.6) is 5.75 Å². The number of para-hydroxylation sites is 1. The van der Waals surface area contributed by atoms with Crippen LogP contribution in [0.3, 0.4) is 0 Å². The summed E-state index contributed by atoms with van der Waals surface area (Å²) in [7, 11) is 0. The fourth-order valence-corrected chi connectivity index (χ4v) is 1.77. The van der Waals surface area contributed by atoms with Crippen molar-refractivity contribution < 1.29 is 14.7 Å². The first-order chi connectivity index (χ1) is 11.1. The summed E-state index contributed by atoms with van der Waals surface area (Å²) in [4.78, 5) is 23.3. The first kappa shape index (κ1) is 16.2. The van der Waals surface area contributed by atoms with Crippen LogP contribution in [-0.2, 0) is 9.59 Å². The van der Waals surface area contributed by atoms with Crippen molar-refractivity contribution in [2.45, 2.75) is 12.8 Å². The second kappa shape index (κ2) is 8.33. The van der Waals surface area contributed by atoms with Crippen LogP contribution >= 0.6 is 0 Å². The van der Waals surface area contributed by atoms with Crippen LogP contribution < -0.4 is 10.7 Å². The van der Waals surface area contributed by atoms with Gasteiger partial charge in [-0.3, -0.25) is 9.59 Å². The Morgan fingerprint density at radius 3 is 2.30 bits per heavy atom. The van der Waals surface area contributed by atoms with Crippen molar-refractivity contribution in [2.75, 3.05) is 5.32 Å². The Balaban J connectivity index is 1.70. The molecular formula is C17H17N3O3. The largest absolute Gasteiger partial charge is 0.508 e. The summed E-state index contributed by atoms with van der Waals surface area (Å²) in [6.45, 7) is 0. The Hall–Kier alpha value is -3.15. The van der Waals surface area contributed by atoms with Gasteiger partial charge in [0.1, 0.15) is 5.75 Å². The van der Waals surface area contributed by atoms with Gasteiger partial charge in [-0.1, -0.05) is 18.2 Å². The van der Waals surface area contributed by atoms with E-state index in [9.17, 15) is 9.59 Å². The first-order valence-electron chi connectivity index (χ1n) is 7.09. The molecule has 23 heavy (non-hydrogen) atoms. The maximum atomic E-state index is 11.7. The zero-order valence-electron chi connectivity index (χ0n) is 12.4. The summed E-state index contributed by atoms with van der Waals surface area (Å²) >= 11 is 0. The summed E-state index contributed by atoms with van der Waals surface area (Å²) in [5.74, 6) is -0.410. The Bertz CT molecular complexity index is 682. The molecular weight excluding hydrogens is 294 g/mol. The number of hydrogen-bond donors (Lipinski definition) is 3. The average molecular weight is 311 g/mol. The van der Waals surface area contributed by atoms with Gasteiger partial charge in [-0.25, -0.2) is 5.43 Å². The topological polar surface area (TPSA) is 90.8 Å². The molecule has 0 unspecified atom stereocenters. The molecule has 2 rings (SSSR count). The van der Waals surface area contributed by atoms with Gasteiger partial charge in [0, 0.05) is 18.5 Å². The van der Waals surface area contributed by atoms with E-state index >= 15 is 0 Å². The third-order valence-corrected chi connectivity index (χ3v) is 2.93. The Morgan fingerprint density at radius 1 is 0.957 bits per heavy atom. The molecule has 2 aromatic rings. The molecule has 0 aliphatic carbocycles. The number of benzene rings is 2. The molecule has 0 aliphatic heterocycles. The molecule has 0 saturated carbocycles. The van der Waals surface area contributed by atoms with E-state index < -0.39 is 0 Å². The standard InChI is InChI=1S/C17H17N3O3/c21-15-8-6-13(7-9-15)12-18-20-17(23)11-10-16(22)19-14-4-2-1-3-5-14/h1-9,12,21H,10-11H2,(H,19,22)(H,20,23)/b18-12+. The second-order valence-electron chi connectivity index (χ2n) is 4.80. The number of amides is 2. The van der Waals surface area contributed by atoms with Gasteiger partial charge in [0.15, 0.2) is 0 Å². The molecule has 0 fully saturated rings. The quantitative estimate of drug-likeness (QED) is 0.564. The molecule has 2 amide bonds. The SMILES string of the molecule is O=C(CCC(=O)Nc1ccccc1)N/N=C/c1ccc(O)cc1. The lowest BCUT2D eigenvalue weighted by Gasteiger charge is -2.04. The number of nitrogens with zero attached hydrogens (tertiary/aromatic N) is 1. The molecule has 0 saturated heterocycles. The third kappa shape index (κ3) is 6.01. The van der Waals surface area contributed by atoms with Crippen molar-refractivity contribution >= 4 is 23.7 Å². The van der Waals surface area contributed by atoms with Gasteiger partial charge in [0.25, 0.3) is 0 Å². The number of nitrogens with one attached hydrogen (secondary N) is 2. The van der Waals surface area contributed by atoms with Crippen LogP contribution in [0.2, 0.25) is 0 Å². The predicted octanol–water partition coefficient (Wildman–Crippen LogP) is 2.26. The van der Waals surface area contributed by atoms with Crippen molar-refractivity contribution in [2.24, 2.45) is 5.10 Å². The van der Waals surface area contributed by atoms with E-state index in [0.29, 0.717) is 5.69 Å². The summed E-state index contributed by atoms with van der Waals surface area (Å²) in [5.41, 5.74) is 3.79. The second-order valence-corrected chi connectivity index (χ2v) is 4.80. The molecule has 0 radical (unpaired) electrons. The molecule has 0 spiro atoms. The molecule has 0 atom stereocenters. The minimum absolute atomic E-state index is 0.0472. The molecule has 0 heterocycles. The summed E-state index contributed by atoms with van der Waals surface area (Å²) in [6, 6.07) is 15.4. The predicted molar refractivity (Wildman–Crippen MR) is 88.1 cm³/mol. The minimum atomic E-state index is -0.344. The van der Waals surface area contributed by atoms with Crippen molar-refractivity contribution in [1.29, 1.82) is 0 Å². The lowest BCUT2D eigenvalue weighted by Crippen LogP contribution is -2.20. The van der Waals surface area contributed by atoms with Crippen LogP contribution in [0.25, 0.3) is 0 Å². The van der Waals surface area contributed by atoms with Gasteiger partial charge >= 0.3 is 0 Å². The number of aromatic hydroxyl groups is 1. The monoisotopic (exact) mass is 311 g/mol. The van der Waals surface area contributed by atoms with E-state index in [1.165, 1.54) is 18.3 Å². The van der Waals surface area contributed by atoms with Crippen molar-refractivity contribution in [1.82, 2.24) is 5.43 Å². The zero-order valence-corrected chi connectivity index (χ0v) is 12.4. The van der Waals surface area contributed by atoms with Crippen LogP contribution in [0.15, 0.2) is 59.7 Å². The highest BCUT2D eigenvalue weighted by Gasteiger charge is 2.06. The van der Waals surface area contributed by atoms with E-state index in [4.69, 9.17) is 5.11 Å². The number of phenolic OH excluding ortho intramolecular Hbond substituents is 1. The fraction of sp³-hybridized carbons (Fsp3) is 0.118. The summed E-state index contributed by atoms with van der Waals surface area (Å²) in [5, 5.41) is 15.6. The molecule has 0 aromatic heterocycles. The molecule has 0 aliphatic rings. The van der Waals surface area contributed by atoms with E-state index in [1.807, 2.05) is 18.2 Å². The van der Waals surface area contributed by atoms with E-state index in [2.05, 4.69) is 15.8 Å². The number of anilines is 1. The highest BCUT2D eigenvalue weighted by molar-refractivity contribution is 5.93. The normalized spacial score (nSPS) is 10.4. The Kier molecular flexibility index (Phi) is 5.88. The number of carbonyl (C=O) groups excluding carboxylic acids is 2. The van der Waals surface area contributed by atoms with Crippen molar-refractivity contribution in [3.63, 3.8) is 0 Å². The summed E-state index contributed by atoms with van der Waals surface area (Å²) in [6.07, 6.45) is 1.59.